The molecule has 0 radical (unpaired) electrons. The van der Waals surface area contributed by atoms with Gasteiger partial charge in [0.05, 0.1) is 0 Å². The standard InChI is InChI=1S/C11H13NO2S/c1-7(2)15-9-5-3-8(4-6-9)10(13)11(12)14/h3-7H,1-2H3,(H2,12,14). The molecule has 1 aromatic rings. The Hall–Kier alpha value is -1.29. The maximum atomic E-state index is 11.2. The highest BCUT2D eigenvalue weighted by atomic mass is 32.2. The Kier molecular flexibility index (Phi) is 3.91. The summed E-state index contributed by atoms with van der Waals surface area (Å²) in [4.78, 5) is 22.9. The van der Waals surface area contributed by atoms with Crippen LogP contribution in [0.2, 0.25) is 0 Å². The topological polar surface area (TPSA) is 60.2 Å². The van der Waals surface area contributed by atoms with Crippen molar-refractivity contribution in [1.29, 1.82) is 0 Å². The number of thioether (sulfide) groups is 1. The number of ketones is 1. The summed E-state index contributed by atoms with van der Waals surface area (Å²) in [5, 5.41) is 0.489. The molecule has 0 bridgehead atoms. The minimum atomic E-state index is -0.917. The molecule has 4 heteroatoms. The zero-order valence-electron chi connectivity index (χ0n) is 8.69. The van der Waals surface area contributed by atoms with E-state index >= 15 is 0 Å². The molecule has 80 valence electrons. The van der Waals surface area contributed by atoms with E-state index in [1.165, 1.54) is 0 Å². The molecule has 0 aliphatic heterocycles. The number of hydrogen-bond donors (Lipinski definition) is 1. The first-order valence-corrected chi connectivity index (χ1v) is 5.49. The second kappa shape index (κ2) is 4.98. The van der Waals surface area contributed by atoms with Gasteiger partial charge in [-0.25, -0.2) is 0 Å². The second-order valence-electron chi connectivity index (χ2n) is 3.38. The smallest absolute Gasteiger partial charge is 0.289 e. The predicted octanol–water partition coefficient (Wildman–Crippen LogP) is 1.86. The van der Waals surface area contributed by atoms with Gasteiger partial charge in [-0.15, -0.1) is 11.8 Å². The van der Waals surface area contributed by atoms with Crippen molar-refractivity contribution < 1.29 is 9.59 Å². The van der Waals surface area contributed by atoms with Gasteiger partial charge in [-0.05, 0) is 24.3 Å². The fourth-order valence-electron chi connectivity index (χ4n) is 1.10. The van der Waals surface area contributed by atoms with Crippen molar-refractivity contribution in [2.75, 3.05) is 0 Å². The highest BCUT2D eigenvalue weighted by molar-refractivity contribution is 7.99. The Labute approximate surface area is 93.0 Å². The summed E-state index contributed by atoms with van der Waals surface area (Å²) in [6.07, 6.45) is 0. The van der Waals surface area contributed by atoms with Crippen molar-refractivity contribution >= 4 is 23.5 Å². The van der Waals surface area contributed by atoms with Crippen LogP contribution >= 0.6 is 11.8 Å². The number of carbonyl (C=O) groups is 2. The minimum Gasteiger partial charge on any atom is -0.363 e. The summed E-state index contributed by atoms with van der Waals surface area (Å²) in [6.45, 7) is 4.18. The molecule has 3 nitrogen and oxygen atoms in total. The quantitative estimate of drug-likeness (QED) is 0.481. The van der Waals surface area contributed by atoms with Crippen LogP contribution < -0.4 is 5.73 Å². The first kappa shape index (κ1) is 11.8. The largest absolute Gasteiger partial charge is 0.363 e. The van der Waals surface area contributed by atoms with Gasteiger partial charge in [0.1, 0.15) is 0 Å². The number of hydrogen-bond acceptors (Lipinski definition) is 3. The summed E-state index contributed by atoms with van der Waals surface area (Å²) in [7, 11) is 0. The average Bonchev–Trinajstić information content (AvgIpc) is 2.17. The van der Waals surface area contributed by atoms with Crippen LogP contribution in [0.3, 0.4) is 0 Å². The molecule has 0 heterocycles. The Bertz CT molecular complexity index is 371. The fourth-order valence-corrected chi connectivity index (χ4v) is 1.94. The van der Waals surface area contributed by atoms with E-state index in [1.54, 1.807) is 23.9 Å². The van der Waals surface area contributed by atoms with Crippen LogP contribution in [0.25, 0.3) is 0 Å². The summed E-state index contributed by atoms with van der Waals surface area (Å²) in [5.74, 6) is -1.56. The number of primary amides is 1. The molecule has 0 atom stereocenters. The molecule has 2 N–H and O–H groups in total. The highest BCUT2D eigenvalue weighted by Crippen LogP contribution is 2.22. The Morgan fingerprint density at radius 1 is 1.20 bits per heavy atom. The number of benzene rings is 1. The van der Waals surface area contributed by atoms with Crippen molar-refractivity contribution in [2.45, 2.75) is 24.0 Å². The van der Waals surface area contributed by atoms with Gasteiger partial charge in [-0.2, -0.15) is 0 Å². The van der Waals surface area contributed by atoms with Crippen molar-refractivity contribution in [2.24, 2.45) is 5.73 Å². The zero-order chi connectivity index (χ0) is 11.4. The van der Waals surface area contributed by atoms with Gasteiger partial charge in [0.15, 0.2) is 0 Å². The molecule has 0 saturated heterocycles. The SMILES string of the molecule is CC(C)Sc1ccc(C(=O)C(N)=O)cc1. The van der Waals surface area contributed by atoms with Gasteiger partial charge in [-0.3, -0.25) is 9.59 Å². The Balaban J connectivity index is 2.81. The van der Waals surface area contributed by atoms with Crippen LogP contribution in [0.4, 0.5) is 0 Å². The molecule has 0 spiro atoms. The molecular weight excluding hydrogens is 210 g/mol. The molecule has 0 aliphatic rings. The molecule has 0 saturated carbocycles. The van der Waals surface area contributed by atoms with Gasteiger partial charge in [0.2, 0.25) is 5.78 Å². The number of Topliss-reactive ketones (excluding diaryl/α,β-unsaturated/α-hetero) is 1. The maximum absolute atomic E-state index is 11.2. The van der Waals surface area contributed by atoms with E-state index in [4.69, 9.17) is 5.73 Å². The monoisotopic (exact) mass is 223 g/mol. The molecule has 0 aliphatic carbocycles. The number of amides is 1. The lowest BCUT2D eigenvalue weighted by molar-refractivity contribution is -0.114. The van der Waals surface area contributed by atoms with E-state index in [0.29, 0.717) is 10.8 Å². The van der Waals surface area contributed by atoms with E-state index in [2.05, 4.69) is 13.8 Å². The second-order valence-corrected chi connectivity index (χ2v) is 5.03. The Morgan fingerprint density at radius 2 is 1.73 bits per heavy atom. The lowest BCUT2D eigenvalue weighted by atomic mass is 10.1. The summed E-state index contributed by atoms with van der Waals surface area (Å²) in [6, 6.07) is 6.89. The fraction of sp³-hybridized carbons (Fsp3) is 0.273. The predicted molar refractivity (Wildman–Crippen MR) is 61.0 cm³/mol. The van der Waals surface area contributed by atoms with Crippen LogP contribution in [0.5, 0.6) is 0 Å². The van der Waals surface area contributed by atoms with Crippen LogP contribution in [0.1, 0.15) is 24.2 Å². The first-order valence-electron chi connectivity index (χ1n) is 4.61. The number of carbonyl (C=O) groups excluding carboxylic acids is 2. The lowest BCUT2D eigenvalue weighted by Crippen LogP contribution is -2.22. The van der Waals surface area contributed by atoms with Crippen molar-refractivity contribution in [3.8, 4) is 0 Å². The van der Waals surface area contributed by atoms with Crippen LogP contribution in [0.15, 0.2) is 29.2 Å². The normalized spacial score (nSPS) is 10.3. The van der Waals surface area contributed by atoms with Gasteiger partial charge in [0.25, 0.3) is 5.91 Å². The minimum absolute atomic E-state index is 0.343. The van der Waals surface area contributed by atoms with E-state index in [-0.39, 0.29) is 0 Å². The molecule has 0 fully saturated rings. The number of nitrogens with two attached hydrogens (primary N) is 1. The summed E-state index contributed by atoms with van der Waals surface area (Å²) in [5.41, 5.74) is 5.24. The molecule has 1 aromatic carbocycles. The van der Waals surface area contributed by atoms with Crippen LogP contribution in [-0.2, 0) is 4.79 Å². The molecule has 1 amide bonds. The molecule has 0 aromatic heterocycles. The van der Waals surface area contributed by atoms with Gasteiger partial charge < -0.3 is 5.73 Å². The van der Waals surface area contributed by atoms with E-state index < -0.39 is 11.7 Å². The van der Waals surface area contributed by atoms with E-state index in [0.717, 1.165) is 4.90 Å². The maximum Gasteiger partial charge on any atom is 0.289 e. The molecule has 15 heavy (non-hydrogen) atoms. The van der Waals surface area contributed by atoms with Crippen molar-refractivity contribution in [3.63, 3.8) is 0 Å². The summed E-state index contributed by atoms with van der Waals surface area (Å²) >= 11 is 1.70. The van der Waals surface area contributed by atoms with Crippen molar-refractivity contribution in [3.05, 3.63) is 29.8 Å². The first-order chi connectivity index (χ1) is 7.00. The van der Waals surface area contributed by atoms with Crippen LogP contribution in [0, 0.1) is 0 Å². The average molecular weight is 223 g/mol. The summed E-state index contributed by atoms with van der Waals surface area (Å²) < 4.78 is 0. The zero-order valence-corrected chi connectivity index (χ0v) is 9.51. The van der Waals surface area contributed by atoms with E-state index in [9.17, 15) is 9.59 Å². The number of rotatable bonds is 4. The Morgan fingerprint density at radius 3 is 2.13 bits per heavy atom. The molecule has 0 unspecified atom stereocenters. The van der Waals surface area contributed by atoms with Crippen molar-refractivity contribution in [1.82, 2.24) is 0 Å². The lowest BCUT2D eigenvalue weighted by Gasteiger charge is -2.04. The van der Waals surface area contributed by atoms with Gasteiger partial charge in [0, 0.05) is 15.7 Å². The highest BCUT2D eigenvalue weighted by Gasteiger charge is 2.11. The molecule has 1 rings (SSSR count). The third kappa shape index (κ3) is 3.40. The third-order valence-electron chi connectivity index (χ3n) is 1.71. The van der Waals surface area contributed by atoms with Gasteiger partial charge >= 0.3 is 0 Å². The van der Waals surface area contributed by atoms with E-state index in [1.807, 2.05) is 12.1 Å². The molecular formula is C11H13NO2S. The van der Waals surface area contributed by atoms with Gasteiger partial charge in [-0.1, -0.05) is 13.8 Å². The third-order valence-corrected chi connectivity index (χ3v) is 2.73. The van der Waals surface area contributed by atoms with Crippen LogP contribution in [-0.4, -0.2) is 16.9 Å².